The predicted molar refractivity (Wildman–Crippen MR) is 265 cm³/mol. The number of fused-ring (bicyclic) bond motifs is 9. The lowest BCUT2D eigenvalue weighted by atomic mass is 9.91. The second kappa shape index (κ2) is 14.2. The fourth-order valence-corrected chi connectivity index (χ4v) is 10.6. The van der Waals surface area contributed by atoms with E-state index in [1.165, 1.54) is 93.9 Å². The molecule has 2 aliphatic rings. The first-order valence-corrected chi connectivity index (χ1v) is 21.9. The molecule has 0 N–H and O–H groups in total. The summed E-state index contributed by atoms with van der Waals surface area (Å²) in [4.78, 5) is 2.53. The highest BCUT2D eigenvalue weighted by atomic mass is 15.2. The molecule has 0 fully saturated rings. The Labute approximate surface area is 366 Å². The van der Waals surface area contributed by atoms with Gasteiger partial charge in [0.2, 0.25) is 0 Å². The van der Waals surface area contributed by atoms with Crippen molar-refractivity contribution in [2.75, 3.05) is 4.90 Å². The van der Waals surface area contributed by atoms with Crippen LogP contribution in [0.25, 0.3) is 88.4 Å². The Morgan fingerprint density at radius 1 is 0.302 bits per heavy atom. The molecule has 13 rings (SSSR count). The highest BCUT2D eigenvalue weighted by Crippen LogP contribution is 2.48. The van der Waals surface area contributed by atoms with E-state index in [1.807, 2.05) is 0 Å². The summed E-state index contributed by atoms with van der Waals surface area (Å²) in [7, 11) is 0. The van der Waals surface area contributed by atoms with Crippen LogP contribution in [0, 0.1) is 0 Å². The van der Waals surface area contributed by atoms with E-state index in [-0.39, 0.29) is 6.04 Å². The molecule has 0 radical (unpaired) electrons. The molecule has 9 aromatic carbocycles. The number of allylic oxidation sites excluding steroid dienone is 2. The molecular formula is C60H41N3. The van der Waals surface area contributed by atoms with E-state index in [4.69, 9.17) is 0 Å². The van der Waals surface area contributed by atoms with Gasteiger partial charge in [0, 0.05) is 50.2 Å². The second-order valence-electron chi connectivity index (χ2n) is 16.9. The van der Waals surface area contributed by atoms with Gasteiger partial charge in [-0.15, -0.1) is 0 Å². The van der Waals surface area contributed by atoms with Crippen LogP contribution in [0.3, 0.4) is 0 Å². The predicted octanol–water partition coefficient (Wildman–Crippen LogP) is 15.6. The third-order valence-corrected chi connectivity index (χ3v) is 13.4. The van der Waals surface area contributed by atoms with Gasteiger partial charge in [0.1, 0.15) is 0 Å². The lowest BCUT2D eigenvalue weighted by Crippen LogP contribution is -2.28. The molecule has 0 spiro atoms. The van der Waals surface area contributed by atoms with Crippen molar-refractivity contribution in [3.05, 3.63) is 242 Å². The second-order valence-corrected chi connectivity index (χ2v) is 16.9. The summed E-state index contributed by atoms with van der Waals surface area (Å²) in [5, 5.41) is 5.05. The quantitative estimate of drug-likeness (QED) is 0.163. The van der Waals surface area contributed by atoms with Gasteiger partial charge in [-0.05, 0) is 124 Å². The number of nitrogens with zero attached hydrogens (tertiary/aromatic N) is 3. The van der Waals surface area contributed by atoms with Crippen LogP contribution in [0.1, 0.15) is 11.5 Å². The molecule has 296 valence electrons. The summed E-state index contributed by atoms with van der Waals surface area (Å²) in [6.07, 6.45) is 9.09. The van der Waals surface area contributed by atoms with E-state index >= 15 is 0 Å². The lowest BCUT2D eigenvalue weighted by molar-refractivity contribution is 0.745. The number of para-hydroxylation sites is 5. The Kier molecular flexibility index (Phi) is 8.04. The van der Waals surface area contributed by atoms with E-state index in [2.05, 4.69) is 251 Å². The SMILES string of the molecule is C1=CC2c3ccccc3N(c3cccc(-c4cc(-c5cccc(-n6c7ccccc7c7ccccc76)c5)cc(-c5cccc(-n6c7ccccc7c7ccccc76)c5)c4)c3)C2C=C1. The van der Waals surface area contributed by atoms with E-state index in [0.29, 0.717) is 5.92 Å². The minimum absolute atomic E-state index is 0.233. The van der Waals surface area contributed by atoms with E-state index < -0.39 is 0 Å². The van der Waals surface area contributed by atoms with Gasteiger partial charge in [-0.3, -0.25) is 0 Å². The van der Waals surface area contributed by atoms with Crippen molar-refractivity contribution in [3.8, 4) is 44.8 Å². The molecule has 0 saturated carbocycles. The van der Waals surface area contributed by atoms with Crippen LogP contribution in [-0.4, -0.2) is 15.2 Å². The molecule has 3 heterocycles. The number of benzene rings is 9. The van der Waals surface area contributed by atoms with Crippen molar-refractivity contribution in [2.24, 2.45) is 0 Å². The van der Waals surface area contributed by atoms with Gasteiger partial charge in [0.25, 0.3) is 0 Å². The maximum atomic E-state index is 2.53. The molecule has 2 unspecified atom stereocenters. The number of rotatable bonds is 6. The van der Waals surface area contributed by atoms with Crippen molar-refractivity contribution in [3.63, 3.8) is 0 Å². The zero-order chi connectivity index (χ0) is 41.4. The molecule has 0 bridgehead atoms. The van der Waals surface area contributed by atoms with Crippen molar-refractivity contribution in [2.45, 2.75) is 12.0 Å². The van der Waals surface area contributed by atoms with Gasteiger partial charge >= 0.3 is 0 Å². The van der Waals surface area contributed by atoms with Gasteiger partial charge in [-0.2, -0.15) is 0 Å². The third kappa shape index (κ3) is 5.67. The molecule has 2 aromatic heterocycles. The minimum atomic E-state index is 0.233. The Bertz CT molecular complexity index is 3390. The average Bonchev–Trinajstić information content (AvgIpc) is 4.00. The van der Waals surface area contributed by atoms with Crippen LogP contribution in [0.15, 0.2) is 237 Å². The first-order valence-electron chi connectivity index (χ1n) is 21.9. The van der Waals surface area contributed by atoms with Gasteiger partial charge in [0.15, 0.2) is 0 Å². The molecule has 2 atom stereocenters. The summed E-state index contributed by atoms with van der Waals surface area (Å²) in [5.41, 5.74) is 18.0. The molecule has 1 aliphatic heterocycles. The summed E-state index contributed by atoms with van der Waals surface area (Å²) in [6.45, 7) is 0. The van der Waals surface area contributed by atoms with Crippen LogP contribution in [0.5, 0.6) is 0 Å². The molecule has 11 aromatic rings. The molecule has 0 amide bonds. The first-order chi connectivity index (χ1) is 31.2. The van der Waals surface area contributed by atoms with Crippen LogP contribution in [-0.2, 0) is 0 Å². The van der Waals surface area contributed by atoms with Crippen LogP contribution >= 0.6 is 0 Å². The highest BCUT2D eigenvalue weighted by molar-refractivity contribution is 6.10. The first kappa shape index (κ1) is 35.6. The molecule has 63 heavy (non-hydrogen) atoms. The maximum Gasteiger partial charge on any atom is 0.0629 e. The summed E-state index contributed by atoms with van der Waals surface area (Å²) < 4.78 is 4.82. The third-order valence-electron chi connectivity index (χ3n) is 13.4. The molecule has 1 aliphatic carbocycles. The van der Waals surface area contributed by atoms with Gasteiger partial charge in [0.05, 0.1) is 28.1 Å². The number of anilines is 2. The molecule has 3 heteroatoms. The summed E-state index contributed by atoms with van der Waals surface area (Å²) in [5.74, 6) is 0.327. The lowest BCUT2D eigenvalue weighted by Gasteiger charge is -2.29. The number of hydrogen-bond acceptors (Lipinski definition) is 1. The minimum Gasteiger partial charge on any atom is -0.333 e. The van der Waals surface area contributed by atoms with Crippen molar-refractivity contribution >= 4 is 55.0 Å². The largest absolute Gasteiger partial charge is 0.333 e. The van der Waals surface area contributed by atoms with Crippen LogP contribution in [0.2, 0.25) is 0 Å². The van der Waals surface area contributed by atoms with E-state index in [9.17, 15) is 0 Å². The summed E-state index contributed by atoms with van der Waals surface area (Å²) in [6, 6.07) is 78.5. The van der Waals surface area contributed by atoms with Gasteiger partial charge < -0.3 is 14.0 Å². The maximum absolute atomic E-state index is 2.53. The fraction of sp³-hybridized carbons (Fsp3) is 0.0333. The zero-order valence-corrected chi connectivity index (χ0v) is 34.5. The van der Waals surface area contributed by atoms with Crippen molar-refractivity contribution < 1.29 is 0 Å². The molecule has 0 saturated heterocycles. The van der Waals surface area contributed by atoms with Crippen LogP contribution in [0.4, 0.5) is 11.4 Å². The van der Waals surface area contributed by atoms with Crippen LogP contribution < -0.4 is 4.90 Å². The smallest absolute Gasteiger partial charge is 0.0629 e. The van der Waals surface area contributed by atoms with Crippen molar-refractivity contribution in [1.29, 1.82) is 0 Å². The Hall–Kier alpha value is -8.14. The Morgan fingerprint density at radius 2 is 0.698 bits per heavy atom. The topological polar surface area (TPSA) is 13.1 Å². The number of hydrogen-bond donors (Lipinski definition) is 0. The summed E-state index contributed by atoms with van der Waals surface area (Å²) >= 11 is 0. The Morgan fingerprint density at radius 3 is 1.19 bits per heavy atom. The highest BCUT2D eigenvalue weighted by Gasteiger charge is 2.37. The number of aromatic nitrogens is 2. The van der Waals surface area contributed by atoms with E-state index in [1.54, 1.807) is 0 Å². The fourth-order valence-electron chi connectivity index (χ4n) is 10.6. The van der Waals surface area contributed by atoms with Crippen molar-refractivity contribution in [1.82, 2.24) is 9.13 Å². The van der Waals surface area contributed by atoms with E-state index in [0.717, 1.165) is 11.4 Å². The monoisotopic (exact) mass is 803 g/mol. The van der Waals surface area contributed by atoms with Gasteiger partial charge in [-0.1, -0.05) is 152 Å². The Balaban J connectivity index is 0.992. The molecule has 3 nitrogen and oxygen atoms in total. The normalized spacial score (nSPS) is 15.5. The standard InChI is InChI=1S/C60H41N3/c1-7-28-55-49(22-1)50-23-2-8-29-56(50)61(55)46-19-13-16-40(37-46)43-34-44(41-17-14-20-47(38-41)62-57-30-9-3-24-51(57)52-25-4-10-31-58(52)62)36-45(35-43)42-18-15-21-48(39-42)63-59-32-11-5-26-53(59)54-27-6-12-33-60(54)63/h1-39,49,55H. The zero-order valence-electron chi connectivity index (χ0n) is 34.5. The van der Waals surface area contributed by atoms with Gasteiger partial charge in [-0.25, -0.2) is 0 Å². The molecular weight excluding hydrogens is 763 g/mol. The average molecular weight is 804 g/mol.